The minimum atomic E-state index is 0.523. The molecule has 0 radical (unpaired) electrons. The van der Waals surface area contributed by atoms with Crippen molar-refractivity contribution in [2.24, 2.45) is 0 Å². The fourth-order valence-electron chi connectivity index (χ4n) is 2.30. The van der Waals surface area contributed by atoms with Gasteiger partial charge in [-0.3, -0.25) is 0 Å². The van der Waals surface area contributed by atoms with Gasteiger partial charge in [-0.05, 0) is 48.6 Å². The van der Waals surface area contributed by atoms with Crippen molar-refractivity contribution in [3.8, 4) is 28.8 Å². The van der Waals surface area contributed by atoms with E-state index >= 15 is 0 Å². The molecule has 0 aliphatic carbocycles. The predicted octanol–water partition coefficient (Wildman–Crippen LogP) is 4.84. The number of thioether (sulfide) groups is 1. The van der Waals surface area contributed by atoms with Gasteiger partial charge in [0.15, 0.2) is 0 Å². The van der Waals surface area contributed by atoms with Crippen molar-refractivity contribution >= 4 is 11.8 Å². The number of rotatable bonds is 4. The molecule has 0 saturated carbocycles. The van der Waals surface area contributed by atoms with Gasteiger partial charge in [0.25, 0.3) is 0 Å². The van der Waals surface area contributed by atoms with Gasteiger partial charge in [-0.15, -0.1) is 11.8 Å². The molecule has 0 aliphatic rings. The smallest absolute Gasteiger partial charge is 0.223 e. The zero-order chi connectivity index (χ0) is 16.9. The van der Waals surface area contributed by atoms with E-state index in [1.165, 1.54) is 0 Å². The number of aryl methyl sites for hydroxylation is 1. The first kappa shape index (κ1) is 16.0. The van der Waals surface area contributed by atoms with E-state index in [2.05, 4.69) is 16.0 Å². The van der Waals surface area contributed by atoms with Crippen LogP contribution < -0.4 is 4.74 Å². The molecule has 5 heteroatoms. The number of aromatic nitrogens is 2. The maximum absolute atomic E-state index is 9.04. The van der Waals surface area contributed by atoms with Gasteiger partial charge in [-0.25, -0.2) is 4.98 Å². The molecule has 118 valence electrons. The molecule has 0 unspecified atom stereocenters. The van der Waals surface area contributed by atoms with Crippen molar-refractivity contribution in [2.75, 3.05) is 6.26 Å². The van der Waals surface area contributed by atoms with E-state index in [0.29, 0.717) is 23.0 Å². The van der Waals surface area contributed by atoms with Crippen molar-refractivity contribution in [1.29, 1.82) is 5.26 Å². The van der Waals surface area contributed by atoms with Gasteiger partial charge in [0, 0.05) is 6.07 Å². The van der Waals surface area contributed by atoms with Gasteiger partial charge in [0.1, 0.15) is 16.6 Å². The zero-order valence-corrected chi connectivity index (χ0v) is 14.2. The Kier molecular flexibility index (Phi) is 4.78. The summed E-state index contributed by atoms with van der Waals surface area (Å²) in [5.41, 5.74) is 2.60. The van der Waals surface area contributed by atoms with Gasteiger partial charge in [-0.1, -0.05) is 24.3 Å². The largest absolute Gasteiger partial charge is 0.439 e. The van der Waals surface area contributed by atoms with Gasteiger partial charge in [-0.2, -0.15) is 10.2 Å². The summed E-state index contributed by atoms with van der Waals surface area (Å²) in [5, 5.41) is 9.91. The van der Waals surface area contributed by atoms with Crippen LogP contribution in [0.3, 0.4) is 0 Å². The summed E-state index contributed by atoms with van der Waals surface area (Å²) >= 11 is 1.55. The van der Waals surface area contributed by atoms with Crippen molar-refractivity contribution in [2.45, 2.75) is 11.9 Å². The summed E-state index contributed by atoms with van der Waals surface area (Å²) in [7, 11) is 0. The lowest BCUT2D eigenvalue weighted by Gasteiger charge is -2.09. The first-order valence-electron chi connectivity index (χ1n) is 7.36. The third kappa shape index (κ3) is 3.73. The Morgan fingerprint density at radius 3 is 2.50 bits per heavy atom. The van der Waals surface area contributed by atoms with Crippen LogP contribution in [0.25, 0.3) is 11.1 Å². The molecule has 0 N–H and O–H groups in total. The number of nitriles is 1. The van der Waals surface area contributed by atoms with Crippen molar-refractivity contribution in [3.63, 3.8) is 0 Å². The second-order valence-corrected chi connectivity index (χ2v) is 5.94. The second-order valence-electron chi connectivity index (χ2n) is 5.12. The van der Waals surface area contributed by atoms with E-state index in [4.69, 9.17) is 10.00 Å². The van der Waals surface area contributed by atoms with Crippen LogP contribution in [-0.2, 0) is 0 Å². The van der Waals surface area contributed by atoms with Gasteiger partial charge >= 0.3 is 0 Å². The third-order valence-corrected chi connectivity index (χ3v) is 4.01. The molecule has 0 saturated heterocycles. The van der Waals surface area contributed by atoms with Crippen LogP contribution in [0.1, 0.15) is 11.4 Å². The molecule has 2 aromatic carbocycles. The average molecular weight is 333 g/mol. The van der Waals surface area contributed by atoms with Crippen LogP contribution in [0, 0.1) is 18.3 Å². The standard InChI is InChI=1S/C19H15N3OS/c1-13-21-18(11-19(22-13)24-2)23-17-8-4-7-16(10-17)15-6-3-5-14(9-15)12-20/h3-11H,1-2H3. The quantitative estimate of drug-likeness (QED) is 0.505. The van der Waals surface area contributed by atoms with Crippen LogP contribution >= 0.6 is 11.8 Å². The van der Waals surface area contributed by atoms with Crippen LogP contribution in [0.2, 0.25) is 0 Å². The molecule has 0 amide bonds. The molecule has 4 nitrogen and oxygen atoms in total. The predicted molar refractivity (Wildman–Crippen MR) is 95.2 cm³/mol. The van der Waals surface area contributed by atoms with E-state index in [1.807, 2.05) is 61.7 Å². The number of nitrogens with zero attached hydrogens (tertiary/aromatic N) is 3. The Hall–Kier alpha value is -2.84. The average Bonchev–Trinajstić information content (AvgIpc) is 2.61. The lowest BCUT2D eigenvalue weighted by Crippen LogP contribution is -1.94. The number of benzene rings is 2. The monoisotopic (exact) mass is 333 g/mol. The van der Waals surface area contributed by atoms with E-state index in [9.17, 15) is 0 Å². The first-order valence-corrected chi connectivity index (χ1v) is 8.58. The molecule has 0 atom stereocenters. The van der Waals surface area contributed by atoms with Crippen LogP contribution in [-0.4, -0.2) is 16.2 Å². The fourth-order valence-corrected chi connectivity index (χ4v) is 2.74. The van der Waals surface area contributed by atoms with Crippen molar-refractivity contribution < 1.29 is 4.74 Å². The minimum Gasteiger partial charge on any atom is -0.439 e. The highest BCUT2D eigenvalue weighted by molar-refractivity contribution is 7.98. The Labute approximate surface area is 145 Å². The number of hydrogen-bond donors (Lipinski definition) is 0. The first-order chi connectivity index (χ1) is 11.7. The molecule has 0 fully saturated rings. The van der Waals surface area contributed by atoms with Gasteiger partial charge in [0.05, 0.1) is 11.6 Å². The highest BCUT2D eigenvalue weighted by Crippen LogP contribution is 2.28. The van der Waals surface area contributed by atoms with Gasteiger partial charge < -0.3 is 4.74 Å². The summed E-state index contributed by atoms with van der Waals surface area (Å²) in [6, 6.07) is 19.2. The summed E-state index contributed by atoms with van der Waals surface area (Å²) in [6.45, 7) is 1.84. The topological polar surface area (TPSA) is 58.8 Å². The lowest BCUT2D eigenvalue weighted by molar-refractivity contribution is 0.457. The van der Waals surface area contributed by atoms with Crippen LogP contribution in [0.5, 0.6) is 11.6 Å². The summed E-state index contributed by atoms with van der Waals surface area (Å²) in [4.78, 5) is 8.64. The van der Waals surface area contributed by atoms with E-state index in [-0.39, 0.29) is 0 Å². The SMILES string of the molecule is CSc1cc(Oc2cccc(-c3cccc(C#N)c3)c2)nc(C)n1. The summed E-state index contributed by atoms with van der Waals surface area (Å²) in [5.74, 6) is 1.89. The Bertz CT molecular complexity index is 918. The van der Waals surface area contributed by atoms with Crippen molar-refractivity contribution in [3.05, 3.63) is 66.0 Å². The molecule has 3 aromatic rings. The third-order valence-electron chi connectivity index (χ3n) is 3.38. The Morgan fingerprint density at radius 1 is 1.00 bits per heavy atom. The second kappa shape index (κ2) is 7.16. The lowest BCUT2D eigenvalue weighted by atomic mass is 10.0. The van der Waals surface area contributed by atoms with Crippen molar-refractivity contribution in [1.82, 2.24) is 9.97 Å². The van der Waals surface area contributed by atoms with E-state index < -0.39 is 0 Å². The molecule has 1 aromatic heterocycles. The van der Waals surface area contributed by atoms with E-state index in [0.717, 1.165) is 16.2 Å². The molecule has 0 aliphatic heterocycles. The Morgan fingerprint density at radius 2 is 1.75 bits per heavy atom. The maximum atomic E-state index is 9.04. The Balaban J connectivity index is 1.91. The summed E-state index contributed by atoms with van der Waals surface area (Å²) in [6.07, 6.45) is 1.97. The fraction of sp³-hybridized carbons (Fsp3) is 0.105. The molecule has 1 heterocycles. The minimum absolute atomic E-state index is 0.523. The molecular weight excluding hydrogens is 318 g/mol. The molecule has 0 bridgehead atoms. The summed E-state index contributed by atoms with van der Waals surface area (Å²) < 4.78 is 5.89. The molecule has 3 rings (SSSR count). The molecule has 24 heavy (non-hydrogen) atoms. The normalized spacial score (nSPS) is 10.2. The number of ether oxygens (including phenoxy) is 1. The highest BCUT2D eigenvalue weighted by atomic mass is 32.2. The van der Waals surface area contributed by atoms with Gasteiger partial charge in [0.2, 0.25) is 5.88 Å². The molecular formula is C19H15N3OS. The highest BCUT2D eigenvalue weighted by Gasteiger charge is 2.06. The maximum Gasteiger partial charge on any atom is 0.223 e. The van der Waals surface area contributed by atoms with E-state index in [1.54, 1.807) is 17.8 Å². The molecule has 0 spiro atoms. The zero-order valence-electron chi connectivity index (χ0n) is 13.4. The number of hydrogen-bond acceptors (Lipinski definition) is 5. The van der Waals surface area contributed by atoms with Crippen LogP contribution in [0.15, 0.2) is 59.6 Å². The van der Waals surface area contributed by atoms with Crippen LogP contribution in [0.4, 0.5) is 0 Å².